The SMILES string of the molecule is COC1=CC=C(COCc2nn(C)c(C)c2-c2c(Cl)ccc3c(CCC(=O)O)c(C(=O)O)n(C)c23)CC1. The number of carboxylic acid groups (broad SMARTS) is 2. The van der Waals surface area contributed by atoms with E-state index in [9.17, 15) is 19.8 Å². The van der Waals surface area contributed by atoms with Crippen molar-refractivity contribution >= 4 is 34.4 Å². The lowest BCUT2D eigenvalue weighted by Crippen LogP contribution is -2.09. The number of carbonyl (C=O) groups is 2. The summed E-state index contributed by atoms with van der Waals surface area (Å²) in [5.41, 5.74) is 5.26. The van der Waals surface area contributed by atoms with Crippen LogP contribution in [-0.4, -0.2) is 50.2 Å². The zero-order chi connectivity index (χ0) is 26.9. The van der Waals surface area contributed by atoms with Crippen LogP contribution in [0.4, 0.5) is 0 Å². The van der Waals surface area contributed by atoms with Crippen LogP contribution in [0.15, 0.2) is 35.6 Å². The van der Waals surface area contributed by atoms with E-state index in [-0.39, 0.29) is 25.1 Å². The zero-order valence-corrected chi connectivity index (χ0v) is 22.1. The molecule has 0 unspecified atom stereocenters. The van der Waals surface area contributed by atoms with Crippen molar-refractivity contribution in [3.8, 4) is 11.1 Å². The summed E-state index contributed by atoms with van der Waals surface area (Å²) in [5.74, 6) is -1.17. The number of benzene rings is 1. The summed E-state index contributed by atoms with van der Waals surface area (Å²) in [6, 6.07) is 3.47. The van der Waals surface area contributed by atoms with Crippen molar-refractivity contribution < 1.29 is 29.3 Å². The number of aromatic carboxylic acids is 1. The van der Waals surface area contributed by atoms with Gasteiger partial charge >= 0.3 is 11.9 Å². The molecule has 0 radical (unpaired) electrons. The quantitative estimate of drug-likeness (QED) is 0.380. The molecular formula is C27H30ClN3O6. The maximum atomic E-state index is 12.2. The Morgan fingerprint density at radius 2 is 1.86 bits per heavy atom. The topological polar surface area (TPSA) is 116 Å². The summed E-state index contributed by atoms with van der Waals surface area (Å²) in [7, 11) is 5.16. The van der Waals surface area contributed by atoms with Gasteiger partial charge in [0.2, 0.25) is 0 Å². The van der Waals surface area contributed by atoms with Crippen LogP contribution < -0.4 is 0 Å². The summed E-state index contributed by atoms with van der Waals surface area (Å²) < 4.78 is 14.7. The third-order valence-electron chi connectivity index (χ3n) is 6.84. The van der Waals surface area contributed by atoms with Crippen molar-refractivity contribution in [2.45, 2.75) is 39.2 Å². The van der Waals surface area contributed by atoms with Crippen LogP contribution in [0, 0.1) is 6.92 Å². The molecule has 1 aromatic carbocycles. The highest BCUT2D eigenvalue weighted by molar-refractivity contribution is 6.35. The van der Waals surface area contributed by atoms with Gasteiger partial charge in [-0.15, -0.1) is 0 Å². The Kier molecular flexibility index (Phi) is 7.75. The van der Waals surface area contributed by atoms with E-state index in [2.05, 4.69) is 5.10 Å². The molecule has 2 N–H and O–H groups in total. The Bertz CT molecular complexity index is 1450. The number of halogens is 1. The molecule has 0 saturated carbocycles. The van der Waals surface area contributed by atoms with Crippen LogP contribution in [0.3, 0.4) is 0 Å². The molecule has 0 atom stereocenters. The Hall–Kier alpha value is -3.56. The smallest absolute Gasteiger partial charge is 0.352 e. The van der Waals surface area contributed by atoms with Crippen LogP contribution in [0.2, 0.25) is 5.02 Å². The number of carboxylic acids is 2. The Labute approximate surface area is 219 Å². The first-order valence-electron chi connectivity index (χ1n) is 11.9. The summed E-state index contributed by atoms with van der Waals surface area (Å²) in [5, 5.41) is 25.0. The normalized spacial score (nSPS) is 13.5. The van der Waals surface area contributed by atoms with Gasteiger partial charge in [-0.3, -0.25) is 9.48 Å². The van der Waals surface area contributed by atoms with E-state index in [1.807, 2.05) is 26.1 Å². The van der Waals surface area contributed by atoms with Gasteiger partial charge in [-0.25, -0.2) is 4.79 Å². The first-order chi connectivity index (χ1) is 17.6. The van der Waals surface area contributed by atoms with Crippen LogP contribution >= 0.6 is 11.6 Å². The van der Waals surface area contributed by atoms with Crippen molar-refractivity contribution in [3.63, 3.8) is 0 Å². The number of fused-ring (bicyclic) bond motifs is 1. The lowest BCUT2D eigenvalue weighted by molar-refractivity contribution is -0.136. The summed E-state index contributed by atoms with van der Waals surface area (Å²) in [4.78, 5) is 23.5. The van der Waals surface area contributed by atoms with E-state index in [4.69, 9.17) is 21.1 Å². The van der Waals surface area contributed by atoms with Crippen molar-refractivity contribution in [1.82, 2.24) is 14.3 Å². The number of aromatic nitrogens is 3. The molecule has 10 heteroatoms. The minimum atomic E-state index is -1.13. The highest BCUT2D eigenvalue weighted by Crippen LogP contribution is 2.42. The number of rotatable bonds is 10. The van der Waals surface area contributed by atoms with Gasteiger partial charge in [0.15, 0.2) is 0 Å². The van der Waals surface area contributed by atoms with Gasteiger partial charge in [0.05, 0.1) is 42.3 Å². The predicted molar refractivity (Wildman–Crippen MR) is 140 cm³/mol. The summed E-state index contributed by atoms with van der Waals surface area (Å²) >= 11 is 6.75. The van der Waals surface area contributed by atoms with Gasteiger partial charge in [-0.2, -0.15) is 5.10 Å². The van der Waals surface area contributed by atoms with Gasteiger partial charge in [0.1, 0.15) is 5.69 Å². The fourth-order valence-corrected chi connectivity index (χ4v) is 5.18. The van der Waals surface area contributed by atoms with E-state index in [0.717, 1.165) is 35.4 Å². The molecule has 0 saturated heterocycles. The molecule has 1 aliphatic rings. The fourth-order valence-electron chi connectivity index (χ4n) is 4.93. The van der Waals surface area contributed by atoms with E-state index in [1.54, 1.807) is 35.5 Å². The molecule has 3 aromatic rings. The summed E-state index contributed by atoms with van der Waals surface area (Å²) in [6.45, 7) is 2.62. The average molecular weight is 528 g/mol. The maximum absolute atomic E-state index is 12.2. The highest BCUT2D eigenvalue weighted by Gasteiger charge is 2.27. The Morgan fingerprint density at radius 3 is 2.49 bits per heavy atom. The molecule has 37 heavy (non-hydrogen) atoms. The molecule has 2 aromatic heterocycles. The largest absolute Gasteiger partial charge is 0.501 e. The molecule has 1 aliphatic carbocycles. The van der Waals surface area contributed by atoms with Gasteiger partial charge < -0.3 is 24.3 Å². The number of aliphatic carboxylic acids is 1. The van der Waals surface area contributed by atoms with Crippen LogP contribution in [-0.2, 0) is 41.4 Å². The number of ether oxygens (including phenoxy) is 2. The molecule has 9 nitrogen and oxygen atoms in total. The number of hydrogen-bond donors (Lipinski definition) is 2. The molecule has 0 bridgehead atoms. The second-order valence-corrected chi connectivity index (χ2v) is 9.50. The van der Waals surface area contributed by atoms with Gasteiger partial charge in [0, 0.05) is 49.1 Å². The highest BCUT2D eigenvalue weighted by atomic mass is 35.5. The van der Waals surface area contributed by atoms with Crippen molar-refractivity contribution in [1.29, 1.82) is 0 Å². The Morgan fingerprint density at radius 1 is 1.11 bits per heavy atom. The molecular weight excluding hydrogens is 498 g/mol. The average Bonchev–Trinajstić information content (AvgIpc) is 3.30. The summed E-state index contributed by atoms with van der Waals surface area (Å²) in [6.07, 6.45) is 5.57. The molecule has 196 valence electrons. The van der Waals surface area contributed by atoms with E-state index >= 15 is 0 Å². The first kappa shape index (κ1) is 26.5. The molecule has 0 aliphatic heterocycles. The minimum Gasteiger partial charge on any atom is -0.501 e. The van der Waals surface area contributed by atoms with Gasteiger partial charge in [-0.05, 0) is 43.0 Å². The van der Waals surface area contributed by atoms with Crippen LogP contribution in [0.1, 0.15) is 46.7 Å². The predicted octanol–water partition coefficient (Wildman–Crippen LogP) is 5.02. The second-order valence-electron chi connectivity index (χ2n) is 9.09. The van der Waals surface area contributed by atoms with Crippen molar-refractivity contribution in [2.24, 2.45) is 14.1 Å². The fraction of sp³-hybridized carbons (Fsp3) is 0.370. The molecule has 0 fully saturated rings. The monoisotopic (exact) mass is 527 g/mol. The van der Waals surface area contributed by atoms with E-state index in [1.165, 1.54) is 0 Å². The van der Waals surface area contributed by atoms with E-state index < -0.39 is 11.9 Å². The van der Waals surface area contributed by atoms with Gasteiger partial charge in [0.25, 0.3) is 0 Å². The lowest BCUT2D eigenvalue weighted by Gasteiger charge is -2.14. The standard InChI is InChI=1S/C27H30ClN3O6/c1-15-23(21(29-31(15)3)14-37-13-16-5-7-17(36-4)8-6-16)24-20(28)11-9-18-19(10-12-22(32)33)26(27(34)35)30(2)25(18)24/h5,7,9,11H,6,8,10,12-14H2,1-4H3,(H,32,33)(H,34,35). The maximum Gasteiger partial charge on any atom is 0.352 e. The number of allylic oxidation sites excluding steroid dienone is 3. The third-order valence-corrected chi connectivity index (χ3v) is 7.16. The molecule has 0 amide bonds. The molecule has 0 spiro atoms. The Balaban J connectivity index is 1.78. The number of aryl methyl sites for hydroxylation is 3. The first-order valence-corrected chi connectivity index (χ1v) is 12.3. The van der Waals surface area contributed by atoms with Crippen LogP contribution in [0.5, 0.6) is 0 Å². The zero-order valence-electron chi connectivity index (χ0n) is 21.3. The number of methoxy groups -OCH3 is 1. The van der Waals surface area contributed by atoms with Gasteiger partial charge in [-0.1, -0.05) is 23.7 Å². The third kappa shape index (κ3) is 5.14. The number of hydrogen-bond acceptors (Lipinski definition) is 5. The lowest BCUT2D eigenvalue weighted by atomic mass is 9.98. The second kappa shape index (κ2) is 10.8. The minimum absolute atomic E-state index is 0.0480. The number of nitrogens with zero attached hydrogens (tertiary/aromatic N) is 3. The molecule has 2 heterocycles. The molecule has 4 rings (SSSR count). The van der Waals surface area contributed by atoms with Crippen LogP contribution in [0.25, 0.3) is 22.0 Å². The van der Waals surface area contributed by atoms with Crippen molar-refractivity contribution in [2.75, 3.05) is 13.7 Å². The van der Waals surface area contributed by atoms with Crippen molar-refractivity contribution in [3.05, 3.63) is 63.3 Å². The van der Waals surface area contributed by atoms with E-state index in [0.29, 0.717) is 39.4 Å².